The fraction of sp³-hybridized carbons (Fsp3) is 0.450. The first kappa shape index (κ1) is 16.8. The van der Waals surface area contributed by atoms with Crippen LogP contribution in [0, 0.1) is 12.8 Å². The van der Waals surface area contributed by atoms with Gasteiger partial charge in [-0.3, -0.25) is 9.69 Å². The number of carbonyl (C=O) groups excluding carboxylic acids is 1. The van der Waals surface area contributed by atoms with Crippen molar-refractivity contribution in [1.29, 1.82) is 0 Å². The molecule has 1 saturated heterocycles. The second kappa shape index (κ2) is 7.22. The molecule has 0 unspecified atom stereocenters. The molecule has 0 aliphatic carbocycles. The largest absolute Gasteiger partial charge is 0.508 e. The molecule has 24 heavy (non-hydrogen) atoms. The molecule has 128 valence electrons. The number of esters is 1. The topological polar surface area (TPSA) is 49.8 Å². The van der Waals surface area contributed by atoms with Gasteiger partial charge >= 0.3 is 5.97 Å². The Morgan fingerprint density at radius 2 is 1.92 bits per heavy atom. The number of phenols is 1. The highest BCUT2D eigenvalue weighted by Crippen LogP contribution is 2.32. The van der Waals surface area contributed by atoms with E-state index in [9.17, 15) is 9.90 Å². The summed E-state index contributed by atoms with van der Waals surface area (Å²) in [5.74, 6) is 0.309. The third-order valence-electron chi connectivity index (χ3n) is 4.93. The first-order valence-electron chi connectivity index (χ1n) is 8.69. The van der Waals surface area contributed by atoms with Crippen molar-refractivity contribution in [3.05, 3.63) is 41.5 Å². The SMILES string of the molecule is CCOC(=O)C1CCN(Cc2c(O)cc(C)c3ccccc23)CC1. The molecule has 0 aromatic heterocycles. The third-order valence-corrected chi connectivity index (χ3v) is 4.93. The average Bonchev–Trinajstić information content (AvgIpc) is 2.59. The van der Waals surface area contributed by atoms with Gasteiger partial charge in [-0.2, -0.15) is 0 Å². The summed E-state index contributed by atoms with van der Waals surface area (Å²) in [7, 11) is 0. The lowest BCUT2D eigenvalue weighted by atomic mass is 9.95. The molecule has 1 aliphatic rings. The maximum Gasteiger partial charge on any atom is 0.309 e. The molecule has 3 rings (SSSR count). The highest BCUT2D eigenvalue weighted by molar-refractivity contribution is 5.90. The van der Waals surface area contributed by atoms with Crippen LogP contribution in [0.4, 0.5) is 0 Å². The van der Waals surface area contributed by atoms with Gasteiger partial charge in [-0.15, -0.1) is 0 Å². The molecular weight excluding hydrogens is 302 g/mol. The number of phenolic OH excluding ortho intramolecular Hbond substituents is 1. The van der Waals surface area contributed by atoms with E-state index in [1.54, 1.807) is 0 Å². The van der Waals surface area contributed by atoms with Gasteiger partial charge in [0.2, 0.25) is 0 Å². The van der Waals surface area contributed by atoms with Crippen molar-refractivity contribution in [3.8, 4) is 5.75 Å². The van der Waals surface area contributed by atoms with Gasteiger partial charge in [0.1, 0.15) is 5.75 Å². The highest BCUT2D eigenvalue weighted by Gasteiger charge is 2.26. The molecule has 0 radical (unpaired) electrons. The number of carbonyl (C=O) groups is 1. The fourth-order valence-electron chi connectivity index (χ4n) is 3.57. The minimum Gasteiger partial charge on any atom is -0.508 e. The van der Waals surface area contributed by atoms with Crippen LogP contribution in [0.5, 0.6) is 5.75 Å². The molecule has 4 heteroatoms. The van der Waals surface area contributed by atoms with Crippen molar-refractivity contribution in [2.24, 2.45) is 5.92 Å². The average molecular weight is 327 g/mol. The van der Waals surface area contributed by atoms with E-state index in [4.69, 9.17) is 4.74 Å². The van der Waals surface area contributed by atoms with Crippen molar-refractivity contribution >= 4 is 16.7 Å². The Morgan fingerprint density at radius 3 is 2.58 bits per heavy atom. The minimum atomic E-state index is -0.0687. The molecule has 1 heterocycles. The van der Waals surface area contributed by atoms with E-state index < -0.39 is 0 Å². The summed E-state index contributed by atoms with van der Waals surface area (Å²) in [5.41, 5.74) is 2.07. The Kier molecular flexibility index (Phi) is 5.05. The van der Waals surface area contributed by atoms with E-state index in [0.717, 1.165) is 42.4 Å². The number of benzene rings is 2. The van der Waals surface area contributed by atoms with E-state index in [2.05, 4.69) is 17.0 Å². The molecule has 1 aliphatic heterocycles. The number of fused-ring (bicyclic) bond motifs is 1. The van der Waals surface area contributed by atoms with Crippen LogP contribution in [-0.2, 0) is 16.1 Å². The Labute approximate surface area is 143 Å². The van der Waals surface area contributed by atoms with E-state index in [1.807, 2.05) is 32.0 Å². The van der Waals surface area contributed by atoms with Gasteiger partial charge in [-0.1, -0.05) is 24.3 Å². The standard InChI is InChI=1S/C20H25NO3/c1-3-24-20(23)15-8-10-21(11-9-15)13-18-17-7-5-4-6-16(17)14(2)12-19(18)22/h4-7,12,15,22H,3,8-11,13H2,1-2H3. The second-order valence-electron chi connectivity index (χ2n) is 6.54. The van der Waals surface area contributed by atoms with Crippen LogP contribution in [0.15, 0.2) is 30.3 Å². The van der Waals surface area contributed by atoms with Crippen LogP contribution < -0.4 is 0 Å². The molecule has 2 aromatic rings. The van der Waals surface area contributed by atoms with Crippen LogP contribution >= 0.6 is 0 Å². The maximum atomic E-state index is 11.8. The second-order valence-corrected chi connectivity index (χ2v) is 6.54. The summed E-state index contributed by atoms with van der Waals surface area (Å²) in [6, 6.07) is 10.1. The van der Waals surface area contributed by atoms with Gasteiger partial charge in [0, 0.05) is 12.1 Å². The zero-order valence-electron chi connectivity index (χ0n) is 14.4. The van der Waals surface area contributed by atoms with Crippen molar-refractivity contribution in [3.63, 3.8) is 0 Å². The monoisotopic (exact) mass is 327 g/mol. The van der Waals surface area contributed by atoms with Gasteiger partial charge in [-0.05, 0) is 62.2 Å². The molecule has 0 spiro atoms. The molecule has 0 saturated carbocycles. The number of hydrogen-bond donors (Lipinski definition) is 1. The number of ether oxygens (including phenoxy) is 1. The Hall–Kier alpha value is -2.07. The fourth-order valence-corrected chi connectivity index (χ4v) is 3.57. The lowest BCUT2D eigenvalue weighted by Gasteiger charge is -2.31. The van der Waals surface area contributed by atoms with E-state index in [1.165, 1.54) is 5.39 Å². The zero-order valence-corrected chi connectivity index (χ0v) is 14.4. The van der Waals surface area contributed by atoms with Gasteiger partial charge in [0.05, 0.1) is 12.5 Å². The van der Waals surface area contributed by atoms with Crippen LogP contribution in [-0.4, -0.2) is 35.7 Å². The quantitative estimate of drug-likeness (QED) is 0.871. The summed E-state index contributed by atoms with van der Waals surface area (Å²) in [6.45, 7) is 6.73. The Bertz CT molecular complexity index is 733. The Morgan fingerprint density at radius 1 is 1.25 bits per heavy atom. The van der Waals surface area contributed by atoms with Crippen molar-refractivity contribution in [1.82, 2.24) is 4.90 Å². The van der Waals surface area contributed by atoms with Gasteiger partial charge < -0.3 is 9.84 Å². The molecule has 4 nitrogen and oxygen atoms in total. The summed E-state index contributed by atoms with van der Waals surface area (Å²) in [5, 5.41) is 12.7. The summed E-state index contributed by atoms with van der Waals surface area (Å²) >= 11 is 0. The van der Waals surface area contributed by atoms with Crippen LogP contribution in [0.3, 0.4) is 0 Å². The smallest absolute Gasteiger partial charge is 0.309 e. The third kappa shape index (κ3) is 3.39. The van der Waals surface area contributed by atoms with Crippen molar-refractivity contribution < 1.29 is 14.6 Å². The lowest BCUT2D eigenvalue weighted by Crippen LogP contribution is -2.36. The molecule has 1 N–H and O–H groups in total. The first-order valence-corrected chi connectivity index (χ1v) is 8.69. The normalized spacial score (nSPS) is 16.4. The highest BCUT2D eigenvalue weighted by atomic mass is 16.5. The molecular formula is C20H25NO3. The first-order chi connectivity index (χ1) is 11.6. The van der Waals surface area contributed by atoms with Gasteiger partial charge in [0.25, 0.3) is 0 Å². The maximum absolute atomic E-state index is 11.8. The van der Waals surface area contributed by atoms with E-state index in [-0.39, 0.29) is 11.9 Å². The number of rotatable bonds is 4. The van der Waals surface area contributed by atoms with E-state index in [0.29, 0.717) is 18.9 Å². The molecule has 0 atom stereocenters. The number of hydrogen-bond acceptors (Lipinski definition) is 4. The van der Waals surface area contributed by atoms with Crippen molar-refractivity contribution in [2.75, 3.05) is 19.7 Å². The Balaban J connectivity index is 1.74. The van der Waals surface area contributed by atoms with Gasteiger partial charge in [-0.25, -0.2) is 0 Å². The number of aryl methyl sites for hydroxylation is 1. The summed E-state index contributed by atoms with van der Waals surface area (Å²) < 4.78 is 5.13. The zero-order chi connectivity index (χ0) is 17.1. The molecule has 0 amide bonds. The molecule has 2 aromatic carbocycles. The predicted octanol–water partition coefficient (Wildman–Crippen LogP) is 3.63. The number of likely N-dealkylation sites (tertiary alicyclic amines) is 1. The van der Waals surface area contributed by atoms with E-state index >= 15 is 0 Å². The van der Waals surface area contributed by atoms with Crippen LogP contribution in [0.25, 0.3) is 10.8 Å². The van der Waals surface area contributed by atoms with Gasteiger partial charge in [0.15, 0.2) is 0 Å². The van der Waals surface area contributed by atoms with Crippen LogP contribution in [0.2, 0.25) is 0 Å². The summed E-state index contributed by atoms with van der Waals surface area (Å²) in [4.78, 5) is 14.2. The minimum absolute atomic E-state index is 0.0181. The number of piperidine rings is 1. The van der Waals surface area contributed by atoms with Crippen LogP contribution in [0.1, 0.15) is 30.9 Å². The summed E-state index contributed by atoms with van der Waals surface area (Å²) in [6.07, 6.45) is 1.65. The number of nitrogens with zero attached hydrogens (tertiary/aromatic N) is 1. The lowest BCUT2D eigenvalue weighted by molar-refractivity contribution is -0.149. The van der Waals surface area contributed by atoms with Crippen molar-refractivity contribution in [2.45, 2.75) is 33.2 Å². The molecule has 0 bridgehead atoms. The number of aromatic hydroxyl groups is 1. The molecule has 1 fully saturated rings. The predicted molar refractivity (Wildman–Crippen MR) is 95.0 cm³/mol.